The second-order valence-electron chi connectivity index (χ2n) is 7.24. The Kier molecular flexibility index (Phi) is 6.00. The van der Waals surface area contributed by atoms with Gasteiger partial charge in [0.25, 0.3) is 11.8 Å². The average Bonchev–Trinajstić information content (AvgIpc) is 3.20. The van der Waals surface area contributed by atoms with Gasteiger partial charge in [0.1, 0.15) is 16.0 Å². The zero-order valence-electron chi connectivity index (χ0n) is 16.5. The molecule has 32 heavy (non-hydrogen) atoms. The van der Waals surface area contributed by atoms with E-state index in [1.54, 1.807) is 36.4 Å². The molecule has 3 aromatic rings. The Morgan fingerprint density at radius 3 is 2.38 bits per heavy atom. The second-order valence-corrected chi connectivity index (χ2v) is 11.2. The van der Waals surface area contributed by atoms with Gasteiger partial charge in [-0.1, -0.05) is 41.9 Å². The molecule has 2 aromatic carbocycles. The molecule has 1 aromatic heterocycles. The number of fused-ring (bicyclic) bond motifs is 1. The molecule has 164 valence electrons. The summed E-state index contributed by atoms with van der Waals surface area (Å²) in [4.78, 5) is 38.9. The van der Waals surface area contributed by atoms with Crippen molar-refractivity contribution in [3.8, 4) is 0 Å². The Morgan fingerprint density at radius 1 is 1.03 bits per heavy atom. The van der Waals surface area contributed by atoms with Crippen LogP contribution in [0, 0.1) is 0 Å². The minimum Gasteiger partial charge on any atom is -0.316 e. The average molecular weight is 489 g/mol. The standard InChI is InChI=1S/C22H17ClN2O5S2/c23-18-9-10-19(31-18)32(29,30)12-15(26)11-13-5-7-14(8-6-13)25-21(27)17-4-2-1-3-16(17)20(24)22(25)28/h1-10,20H,11-12,24H2. The number of nitrogens with zero attached hydrogens (tertiary/aromatic N) is 1. The molecule has 2 heterocycles. The number of benzene rings is 2. The van der Waals surface area contributed by atoms with Gasteiger partial charge in [-0.25, -0.2) is 13.3 Å². The Hall–Kier alpha value is -2.85. The number of imide groups is 1. The van der Waals surface area contributed by atoms with Crippen LogP contribution in [-0.2, 0) is 25.8 Å². The number of carbonyl (C=O) groups excluding carboxylic acids is 3. The number of anilines is 1. The first-order valence-electron chi connectivity index (χ1n) is 9.49. The fourth-order valence-corrected chi connectivity index (χ4v) is 6.30. The van der Waals surface area contributed by atoms with Crippen LogP contribution >= 0.6 is 22.9 Å². The number of rotatable bonds is 6. The predicted octanol–water partition coefficient (Wildman–Crippen LogP) is 3.17. The smallest absolute Gasteiger partial charge is 0.265 e. The van der Waals surface area contributed by atoms with E-state index >= 15 is 0 Å². The van der Waals surface area contributed by atoms with Crippen molar-refractivity contribution in [1.82, 2.24) is 0 Å². The Labute approximate surface area is 193 Å². The monoisotopic (exact) mass is 488 g/mol. The maximum absolute atomic E-state index is 12.8. The molecule has 0 radical (unpaired) electrons. The molecule has 0 spiro atoms. The topological polar surface area (TPSA) is 115 Å². The molecule has 4 rings (SSSR count). The van der Waals surface area contributed by atoms with Crippen LogP contribution in [-0.4, -0.2) is 31.8 Å². The zero-order chi connectivity index (χ0) is 23.0. The van der Waals surface area contributed by atoms with Gasteiger partial charge in [-0.3, -0.25) is 14.4 Å². The highest BCUT2D eigenvalue weighted by Gasteiger charge is 2.37. The number of amides is 2. The summed E-state index contributed by atoms with van der Waals surface area (Å²) in [5.74, 6) is -2.14. The van der Waals surface area contributed by atoms with Crippen LogP contribution in [0.3, 0.4) is 0 Å². The van der Waals surface area contributed by atoms with Crippen LogP contribution in [0.15, 0.2) is 64.9 Å². The number of hydrogen-bond donors (Lipinski definition) is 1. The van der Waals surface area contributed by atoms with Gasteiger partial charge < -0.3 is 5.73 Å². The third kappa shape index (κ3) is 4.24. The molecule has 1 aliphatic heterocycles. The first kappa shape index (κ1) is 22.3. The summed E-state index contributed by atoms with van der Waals surface area (Å²) in [6.45, 7) is 0. The van der Waals surface area contributed by atoms with Crippen molar-refractivity contribution in [2.45, 2.75) is 16.7 Å². The maximum atomic E-state index is 12.8. The summed E-state index contributed by atoms with van der Waals surface area (Å²) in [6, 6.07) is 14.8. The summed E-state index contributed by atoms with van der Waals surface area (Å²) in [5.41, 5.74) is 7.75. The fraction of sp³-hybridized carbons (Fsp3) is 0.136. The second kappa shape index (κ2) is 8.59. The number of ketones is 1. The SMILES string of the molecule is NC1C(=O)N(c2ccc(CC(=O)CS(=O)(=O)c3ccc(Cl)s3)cc2)C(=O)c2ccccc21. The molecule has 0 saturated heterocycles. The molecule has 1 aliphatic rings. The van der Waals surface area contributed by atoms with Gasteiger partial charge >= 0.3 is 0 Å². The van der Waals surface area contributed by atoms with Crippen LogP contribution in [0.25, 0.3) is 0 Å². The van der Waals surface area contributed by atoms with Crippen molar-refractivity contribution in [3.05, 3.63) is 81.7 Å². The third-order valence-corrected chi connectivity index (χ3v) is 8.51. The molecular weight excluding hydrogens is 472 g/mol. The molecule has 0 saturated carbocycles. The molecule has 1 atom stereocenters. The van der Waals surface area contributed by atoms with Gasteiger partial charge in [0, 0.05) is 12.0 Å². The van der Waals surface area contributed by atoms with Crippen LogP contribution in [0.4, 0.5) is 5.69 Å². The number of halogens is 1. The van der Waals surface area contributed by atoms with E-state index in [9.17, 15) is 22.8 Å². The number of hydrogen-bond acceptors (Lipinski definition) is 7. The van der Waals surface area contributed by atoms with Gasteiger partial charge in [-0.2, -0.15) is 0 Å². The van der Waals surface area contributed by atoms with Crippen molar-refractivity contribution in [1.29, 1.82) is 0 Å². The lowest BCUT2D eigenvalue weighted by atomic mass is 9.94. The zero-order valence-corrected chi connectivity index (χ0v) is 18.9. The summed E-state index contributed by atoms with van der Waals surface area (Å²) >= 11 is 6.68. The lowest BCUT2D eigenvalue weighted by Gasteiger charge is -2.30. The van der Waals surface area contributed by atoms with E-state index in [0.29, 0.717) is 26.7 Å². The minimum atomic E-state index is -3.76. The van der Waals surface area contributed by atoms with Gasteiger partial charge in [0.15, 0.2) is 15.6 Å². The molecule has 10 heteroatoms. The Bertz CT molecular complexity index is 1330. The highest BCUT2D eigenvalue weighted by molar-refractivity contribution is 7.94. The van der Waals surface area contributed by atoms with E-state index in [-0.39, 0.29) is 10.6 Å². The molecular formula is C22H17ClN2O5S2. The predicted molar refractivity (Wildman–Crippen MR) is 122 cm³/mol. The van der Waals surface area contributed by atoms with E-state index in [1.807, 2.05) is 0 Å². The lowest BCUT2D eigenvalue weighted by Crippen LogP contribution is -2.47. The Morgan fingerprint density at radius 2 is 1.72 bits per heavy atom. The normalized spacial score (nSPS) is 16.2. The van der Waals surface area contributed by atoms with Crippen molar-refractivity contribution in [2.75, 3.05) is 10.7 Å². The van der Waals surface area contributed by atoms with E-state index in [2.05, 4.69) is 0 Å². The lowest BCUT2D eigenvalue weighted by molar-refractivity contribution is -0.119. The van der Waals surface area contributed by atoms with E-state index in [1.165, 1.54) is 24.3 Å². The van der Waals surface area contributed by atoms with Crippen LogP contribution < -0.4 is 10.6 Å². The highest BCUT2D eigenvalue weighted by atomic mass is 35.5. The van der Waals surface area contributed by atoms with Crippen molar-refractivity contribution >= 4 is 56.1 Å². The quantitative estimate of drug-likeness (QED) is 0.533. The molecule has 2 amide bonds. The van der Waals surface area contributed by atoms with E-state index in [4.69, 9.17) is 17.3 Å². The first-order valence-corrected chi connectivity index (χ1v) is 12.3. The molecule has 1 unspecified atom stereocenters. The van der Waals surface area contributed by atoms with Crippen LogP contribution in [0.1, 0.15) is 27.5 Å². The van der Waals surface area contributed by atoms with Gasteiger partial charge in [-0.15, -0.1) is 11.3 Å². The number of nitrogens with two attached hydrogens (primary N) is 1. The minimum absolute atomic E-state index is 0.0462. The van der Waals surface area contributed by atoms with E-state index < -0.39 is 39.2 Å². The number of carbonyl (C=O) groups is 3. The molecule has 0 aliphatic carbocycles. The molecule has 0 fully saturated rings. The van der Waals surface area contributed by atoms with Crippen molar-refractivity contribution < 1.29 is 22.8 Å². The molecule has 7 nitrogen and oxygen atoms in total. The largest absolute Gasteiger partial charge is 0.316 e. The molecule has 2 N–H and O–H groups in total. The van der Waals surface area contributed by atoms with Crippen molar-refractivity contribution in [2.24, 2.45) is 5.73 Å². The summed E-state index contributed by atoms with van der Waals surface area (Å²) in [5, 5.41) is 0. The highest BCUT2D eigenvalue weighted by Crippen LogP contribution is 2.30. The summed E-state index contributed by atoms with van der Waals surface area (Å²) in [7, 11) is -3.76. The molecule has 0 bridgehead atoms. The van der Waals surface area contributed by atoms with E-state index in [0.717, 1.165) is 16.2 Å². The number of thiophene rings is 1. The fourth-order valence-electron chi connectivity index (χ4n) is 3.49. The van der Waals surface area contributed by atoms with Gasteiger partial charge in [-0.05, 0) is 41.5 Å². The van der Waals surface area contributed by atoms with Crippen LogP contribution in [0.2, 0.25) is 4.34 Å². The van der Waals surface area contributed by atoms with Crippen molar-refractivity contribution in [3.63, 3.8) is 0 Å². The summed E-state index contributed by atoms with van der Waals surface area (Å²) < 4.78 is 25.1. The first-order chi connectivity index (χ1) is 15.2. The van der Waals surface area contributed by atoms with Crippen LogP contribution in [0.5, 0.6) is 0 Å². The Balaban J connectivity index is 1.49. The van der Waals surface area contributed by atoms with Gasteiger partial charge in [0.05, 0.1) is 10.0 Å². The number of Topliss-reactive ketones (excluding diaryl/α,β-unsaturated/α-hetero) is 1. The summed E-state index contributed by atoms with van der Waals surface area (Å²) in [6.07, 6.45) is -0.108. The third-order valence-electron chi connectivity index (χ3n) is 5.02. The maximum Gasteiger partial charge on any atom is 0.265 e. The van der Waals surface area contributed by atoms with Gasteiger partial charge in [0.2, 0.25) is 0 Å². The number of sulfone groups is 1.